The van der Waals surface area contributed by atoms with Crippen molar-refractivity contribution in [3.63, 3.8) is 0 Å². The number of amides is 2. The molecule has 1 heterocycles. The molecule has 0 spiro atoms. The molecule has 214 valence electrons. The molecule has 1 fully saturated rings. The third-order valence-corrected chi connectivity index (χ3v) is 6.71. The van der Waals surface area contributed by atoms with Crippen molar-refractivity contribution in [3.8, 4) is 0 Å². The molecule has 0 unspecified atom stereocenters. The summed E-state index contributed by atoms with van der Waals surface area (Å²) in [5.41, 5.74) is 1.11. The van der Waals surface area contributed by atoms with Gasteiger partial charge in [-0.25, -0.2) is 4.79 Å². The molecule has 10 nitrogen and oxygen atoms in total. The predicted molar refractivity (Wildman–Crippen MR) is 144 cm³/mol. The van der Waals surface area contributed by atoms with Gasteiger partial charge in [-0.1, -0.05) is 74.5 Å². The Morgan fingerprint density at radius 3 is 1.73 bits per heavy atom. The Hall–Kier alpha value is -4.21. The zero-order valence-electron chi connectivity index (χ0n) is 23.4. The maximum Gasteiger partial charge on any atom is 0.328 e. The normalized spacial score (nSPS) is 25.9. The monoisotopic (exact) mass is 552 g/mol. The third-order valence-electron chi connectivity index (χ3n) is 6.71. The number of nitrogens with zero attached hydrogens (tertiary/aromatic N) is 1. The molecule has 0 aromatic heterocycles. The van der Waals surface area contributed by atoms with E-state index in [-0.39, 0.29) is 12.8 Å². The van der Waals surface area contributed by atoms with Crippen LogP contribution in [0.1, 0.15) is 63.9 Å². The standard InChI is InChI=1S/C30H36N2O8/c1-18(2)27-29(36)32(5)20(4)28(35)31-19(3)30(37)39-24(22-14-10-7-11-15-22)17-25(33)38-23(16-26(34)40-27)21-12-8-6-9-13-21/h6-15,18-20,23-24,27H,16-17H2,1-5H3,(H,31,35)/t19-,20-,23-,24-,27+/m0/s1. The van der Waals surface area contributed by atoms with Crippen molar-refractivity contribution in [1.29, 1.82) is 0 Å². The fourth-order valence-corrected chi connectivity index (χ4v) is 4.16. The lowest BCUT2D eigenvalue weighted by atomic mass is 10.0. The minimum Gasteiger partial charge on any atom is -0.457 e. The van der Waals surface area contributed by atoms with Gasteiger partial charge in [-0.05, 0) is 30.9 Å². The Morgan fingerprint density at radius 2 is 1.23 bits per heavy atom. The molecule has 0 radical (unpaired) electrons. The lowest BCUT2D eigenvalue weighted by Crippen LogP contribution is -2.53. The van der Waals surface area contributed by atoms with Crippen molar-refractivity contribution in [2.24, 2.45) is 5.92 Å². The molecule has 0 bridgehead atoms. The van der Waals surface area contributed by atoms with Crippen molar-refractivity contribution >= 4 is 29.7 Å². The Labute approximate surface area is 234 Å². The van der Waals surface area contributed by atoms with E-state index >= 15 is 0 Å². The summed E-state index contributed by atoms with van der Waals surface area (Å²) in [5, 5.41) is 2.56. The van der Waals surface area contributed by atoms with Gasteiger partial charge in [0.05, 0.1) is 12.8 Å². The van der Waals surface area contributed by atoms with Crippen molar-refractivity contribution in [3.05, 3.63) is 71.8 Å². The number of rotatable bonds is 3. The number of hydrogen-bond acceptors (Lipinski definition) is 8. The van der Waals surface area contributed by atoms with Crippen LogP contribution in [0.4, 0.5) is 0 Å². The van der Waals surface area contributed by atoms with E-state index in [1.165, 1.54) is 25.8 Å². The van der Waals surface area contributed by atoms with Crippen LogP contribution in [0, 0.1) is 5.92 Å². The summed E-state index contributed by atoms with van der Waals surface area (Å²) in [5.74, 6) is -3.81. The van der Waals surface area contributed by atoms with Gasteiger partial charge in [0.1, 0.15) is 24.3 Å². The van der Waals surface area contributed by atoms with E-state index in [0.717, 1.165) is 0 Å². The smallest absolute Gasteiger partial charge is 0.328 e. The van der Waals surface area contributed by atoms with Crippen LogP contribution >= 0.6 is 0 Å². The molecule has 1 aliphatic rings. The first-order valence-electron chi connectivity index (χ1n) is 13.2. The third kappa shape index (κ3) is 7.91. The van der Waals surface area contributed by atoms with Crippen molar-refractivity contribution in [2.75, 3.05) is 7.05 Å². The van der Waals surface area contributed by atoms with Gasteiger partial charge in [0.15, 0.2) is 6.10 Å². The highest BCUT2D eigenvalue weighted by Crippen LogP contribution is 2.28. The molecule has 2 aromatic carbocycles. The average Bonchev–Trinajstić information content (AvgIpc) is 2.94. The second-order valence-corrected chi connectivity index (χ2v) is 10.1. The lowest BCUT2D eigenvalue weighted by Gasteiger charge is -2.30. The highest BCUT2D eigenvalue weighted by atomic mass is 16.6. The van der Waals surface area contributed by atoms with E-state index in [1.807, 2.05) is 0 Å². The summed E-state index contributed by atoms with van der Waals surface area (Å²) < 4.78 is 17.0. The first kappa shape index (κ1) is 30.3. The van der Waals surface area contributed by atoms with Gasteiger partial charge in [-0.3, -0.25) is 19.2 Å². The highest BCUT2D eigenvalue weighted by Gasteiger charge is 2.36. The van der Waals surface area contributed by atoms with Crippen LogP contribution in [0.3, 0.4) is 0 Å². The zero-order valence-corrected chi connectivity index (χ0v) is 23.4. The summed E-state index contributed by atoms with van der Waals surface area (Å²) >= 11 is 0. The number of likely N-dealkylation sites (N-methyl/N-ethyl adjacent to an activating group) is 1. The van der Waals surface area contributed by atoms with Gasteiger partial charge in [0.25, 0.3) is 5.91 Å². The lowest BCUT2D eigenvalue weighted by molar-refractivity contribution is -0.168. The largest absolute Gasteiger partial charge is 0.457 e. The molecule has 1 saturated heterocycles. The van der Waals surface area contributed by atoms with Crippen LogP contribution in [0.15, 0.2) is 60.7 Å². The summed E-state index contributed by atoms with van der Waals surface area (Å²) in [4.78, 5) is 66.6. The van der Waals surface area contributed by atoms with Gasteiger partial charge < -0.3 is 24.4 Å². The van der Waals surface area contributed by atoms with E-state index in [4.69, 9.17) is 14.2 Å². The number of carbonyl (C=O) groups is 5. The summed E-state index contributed by atoms with van der Waals surface area (Å²) in [7, 11) is 1.42. The van der Waals surface area contributed by atoms with E-state index in [9.17, 15) is 24.0 Å². The minimum absolute atomic E-state index is 0.332. The molecular formula is C30H36N2O8. The summed E-state index contributed by atoms with van der Waals surface area (Å²) in [6.45, 7) is 6.39. The molecule has 0 saturated carbocycles. The second kappa shape index (κ2) is 13.7. The van der Waals surface area contributed by atoms with Crippen LogP contribution in [0.5, 0.6) is 0 Å². The molecular weight excluding hydrogens is 516 g/mol. The summed E-state index contributed by atoms with van der Waals surface area (Å²) in [6.07, 6.45) is -3.88. The van der Waals surface area contributed by atoms with Gasteiger partial charge in [0.2, 0.25) is 5.91 Å². The number of nitrogens with one attached hydrogen (secondary N) is 1. The number of hydrogen-bond donors (Lipinski definition) is 1. The predicted octanol–water partition coefficient (Wildman–Crippen LogP) is 3.27. The van der Waals surface area contributed by atoms with Gasteiger partial charge in [-0.2, -0.15) is 0 Å². The van der Waals surface area contributed by atoms with E-state index < -0.39 is 66.0 Å². The van der Waals surface area contributed by atoms with Crippen molar-refractivity contribution in [2.45, 2.75) is 70.9 Å². The number of ether oxygens (including phenoxy) is 3. The topological polar surface area (TPSA) is 128 Å². The van der Waals surface area contributed by atoms with Crippen LogP contribution in [0.25, 0.3) is 0 Å². The fourth-order valence-electron chi connectivity index (χ4n) is 4.16. The Bertz CT molecular complexity index is 1200. The van der Waals surface area contributed by atoms with E-state index in [2.05, 4.69) is 5.32 Å². The first-order valence-corrected chi connectivity index (χ1v) is 13.2. The average molecular weight is 553 g/mol. The Morgan fingerprint density at radius 1 is 0.750 bits per heavy atom. The van der Waals surface area contributed by atoms with Crippen LogP contribution < -0.4 is 5.32 Å². The molecule has 5 atom stereocenters. The van der Waals surface area contributed by atoms with Crippen LogP contribution in [-0.4, -0.2) is 59.9 Å². The molecule has 2 aromatic rings. The van der Waals surface area contributed by atoms with Crippen LogP contribution in [0.2, 0.25) is 0 Å². The second-order valence-electron chi connectivity index (χ2n) is 10.1. The number of cyclic esters (lactones) is 3. The minimum atomic E-state index is -1.18. The molecule has 3 rings (SSSR count). The van der Waals surface area contributed by atoms with E-state index in [1.54, 1.807) is 74.5 Å². The van der Waals surface area contributed by atoms with E-state index in [0.29, 0.717) is 11.1 Å². The Kier molecular flexibility index (Phi) is 10.4. The Balaban J connectivity index is 1.99. The quantitative estimate of drug-likeness (QED) is 0.454. The molecule has 2 amide bonds. The fraction of sp³-hybridized carbons (Fsp3) is 0.433. The molecule has 10 heteroatoms. The highest BCUT2D eigenvalue weighted by molar-refractivity contribution is 5.92. The SMILES string of the molecule is CC(C)[C@H]1OC(=O)C[C@@H](c2ccccc2)OC(=O)C[C@@H](c2ccccc2)OC(=O)[C@H](C)NC(=O)[C@H](C)N(C)C1=O. The molecule has 1 aliphatic heterocycles. The molecule has 1 N–H and O–H groups in total. The van der Waals surface area contributed by atoms with Gasteiger partial charge >= 0.3 is 17.9 Å². The first-order chi connectivity index (χ1) is 19.0. The molecule has 0 aliphatic carbocycles. The number of esters is 3. The number of carbonyl (C=O) groups excluding carboxylic acids is 5. The molecule has 40 heavy (non-hydrogen) atoms. The van der Waals surface area contributed by atoms with Crippen molar-refractivity contribution in [1.82, 2.24) is 10.2 Å². The maximum absolute atomic E-state index is 13.3. The maximum atomic E-state index is 13.3. The number of benzene rings is 2. The van der Waals surface area contributed by atoms with Crippen molar-refractivity contribution < 1.29 is 38.2 Å². The van der Waals surface area contributed by atoms with Gasteiger partial charge in [0, 0.05) is 7.05 Å². The zero-order chi connectivity index (χ0) is 29.4. The van der Waals surface area contributed by atoms with Gasteiger partial charge in [-0.15, -0.1) is 0 Å². The van der Waals surface area contributed by atoms with Crippen LogP contribution in [-0.2, 0) is 38.2 Å². The summed E-state index contributed by atoms with van der Waals surface area (Å²) in [6, 6.07) is 15.3.